The van der Waals surface area contributed by atoms with Crippen molar-refractivity contribution in [1.82, 2.24) is 0 Å². The van der Waals surface area contributed by atoms with Crippen molar-refractivity contribution in [3.05, 3.63) is 18.2 Å². The van der Waals surface area contributed by atoms with Gasteiger partial charge in [0.15, 0.2) is 0 Å². The summed E-state index contributed by atoms with van der Waals surface area (Å²) in [4.78, 5) is 20.9. The summed E-state index contributed by atoms with van der Waals surface area (Å²) in [5.74, 6) is -0.124. The van der Waals surface area contributed by atoms with Crippen molar-refractivity contribution in [3.63, 3.8) is 0 Å². The van der Waals surface area contributed by atoms with Crippen molar-refractivity contribution in [1.29, 1.82) is 0 Å². The van der Waals surface area contributed by atoms with Gasteiger partial charge < -0.3 is 19.9 Å². The first kappa shape index (κ1) is 24.4. The highest BCUT2D eigenvalue weighted by molar-refractivity contribution is 5.86. The third-order valence-corrected chi connectivity index (χ3v) is 3.59. The molecule has 0 bridgehead atoms. The molecule has 3 rings (SSSR count). The number of nitrogens with one attached hydrogen (secondary N) is 2. The number of hydrogen-bond acceptors (Lipinski definition) is 5. The number of hydrogen-bond donors (Lipinski definition) is 3. The van der Waals surface area contributed by atoms with Gasteiger partial charge in [-0.2, -0.15) is 13.2 Å². The van der Waals surface area contributed by atoms with Gasteiger partial charge in [0.05, 0.1) is 5.69 Å². The Kier molecular flexibility index (Phi) is 9.06. The molecule has 1 aliphatic heterocycles. The zero-order valence-corrected chi connectivity index (χ0v) is 16.7. The van der Waals surface area contributed by atoms with Crippen LogP contribution >= 0.6 is 0 Å². The number of carboxylic acid groups (broad SMARTS) is 1. The standard InChI is InChI=1S/C13H15F3N2O3.C3H6O2.C3H6/c1-12(2,13(14,15)16)21-11(19)18-8-3-4-10-9(7-8)17-5-6-20-10;1-2-3(4)5;1-2-3-1/h3-4,7,17H,5-6H2,1-2H3,(H,18,19);2H2,1H3,(H,4,5);1-3H2. The predicted molar refractivity (Wildman–Crippen MR) is 102 cm³/mol. The van der Waals surface area contributed by atoms with Gasteiger partial charge in [-0.3, -0.25) is 10.1 Å². The Bertz CT molecular complexity index is 688. The van der Waals surface area contributed by atoms with Crippen molar-refractivity contribution in [3.8, 4) is 5.75 Å². The van der Waals surface area contributed by atoms with E-state index >= 15 is 0 Å². The lowest BCUT2D eigenvalue weighted by molar-refractivity contribution is -0.242. The Balaban J connectivity index is 0.000000440. The molecule has 0 unspecified atom stereocenters. The molecule has 7 nitrogen and oxygen atoms in total. The lowest BCUT2D eigenvalue weighted by Gasteiger charge is -2.27. The van der Waals surface area contributed by atoms with Gasteiger partial charge in [-0.1, -0.05) is 26.2 Å². The summed E-state index contributed by atoms with van der Waals surface area (Å²) in [6, 6.07) is 4.70. The molecular weight excluding hydrogens is 393 g/mol. The Labute approximate surface area is 167 Å². The van der Waals surface area contributed by atoms with Crippen molar-refractivity contribution < 1.29 is 37.3 Å². The summed E-state index contributed by atoms with van der Waals surface area (Å²) >= 11 is 0. The Morgan fingerprint density at radius 3 is 2.31 bits per heavy atom. The molecule has 1 saturated carbocycles. The van der Waals surface area contributed by atoms with E-state index < -0.39 is 23.8 Å². The van der Waals surface area contributed by atoms with Crippen LogP contribution in [0.3, 0.4) is 0 Å². The first-order valence-electron chi connectivity index (χ1n) is 9.25. The molecule has 0 radical (unpaired) electrons. The third-order valence-electron chi connectivity index (χ3n) is 3.59. The molecule has 2 aliphatic rings. The van der Waals surface area contributed by atoms with E-state index in [1.807, 2.05) is 0 Å². The summed E-state index contributed by atoms with van der Waals surface area (Å²) in [5.41, 5.74) is -1.59. The molecule has 1 aliphatic carbocycles. The van der Waals surface area contributed by atoms with Crippen molar-refractivity contribution in [2.45, 2.75) is 58.2 Å². The number of alkyl halides is 3. The van der Waals surface area contributed by atoms with Crippen LogP contribution in [0.5, 0.6) is 5.75 Å². The molecule has 1 aromatic carbocycles. The minimum Gasteiger partial charge on any atom is -0.490 e. The quantitative estimate of drug-likeness (QED) is 0.635. The van der Waals surface area contributed by atoms with Crippen LogP contribution < -0.4 is 15.4 Å². The summed E-state index contributed by atoms with van der Waals surface area (Å²) in [5, 5.41) is 13.0. The second kappa shape index (κ2) is 10.8. The van der Waals surface area contributed by atoms with Crippen LogP contribution in [-0.2, 0) is 9.53 Å². The first-order valence-corrected chi connectivity index (χ1v) is 9.25. The minimum absolute atomic E-state index is 0.222. The van der Waals surface area contributed by atoms with Gasteiger partial charge >= 0.3 is 18.2 Å². The fraction of sp³-hybridized carbons (Fsp3) is 0.579. The highest BCUT2D eigenvalue weighted by Crippen LogP contribution is 2.34. The van der Waals surface area contributed by atoms with E-state index in [4.69, 9.17) is 9.84 Å². The highest BCUT2D eigenvalue weighted by Gasteiger charge is 2.50. The molecular formula is C19H27F3N2O5. The number of rotatable bonds is 3. The molecule has 164 valence electrons. The van der Waals surface area contributed by atoms with Gasteiger partial charge in [0.1, 0.15) is 12.4 Å². The van der Waals surface area contributed by atoms with Gasteiger partial charge in [-0.25, -0.2) is 4.79 Å². The highest BCUT2D eigenvalue weighted by atomic mass is 19.4. The normalized spacial score (nSPS) is 14.3. The molecule has 1 heterocycles. The average molecular weight is 420 g/mol. The smallest absolute Gasteiger partial charge is 0.427 e. The van der Waals surface area contributed by atoms with Crippen LogP contribution in [0.2, 0.25) is 0 Å². The second-order valence-electron chi connectivity index (χ2n) is 6.82. The lowest BCUT2D eigenvalue weighted by Crippen LogP contribution is -2.44. The van der Waals surface area contributed by atoms with Crippen LogP contribution in [0.25, 0.3) is 0 Å². The Morgan fingerprint density at radius 1 is 1.24 bits per heavy atom. The zero-order valence-electron chi connectivity index (χ0n) is 16.7. The van der Waals surface area contributed by atoms with Crippen LogP contribution in [0, 0.1) is 0 Å². The minimum atomic E-state index is -4.64. The Hall–Kier alpha value is -2.65. The van der Waals surface area contributed by atoms with E-state index in [1.165, 1.54) is 25.3 Å². The van der Waals surface area contributed by atoms with Crippen molar-refractivity contribution in [2.75, 3.05) is 23.8 Å². The number of amides is 1. The van der Waals surface area contributed by atoms with Gasteiger partial charge in [0.25, 0.3) is 0 Å². The number of anilines is 2. The molecule has 29 heavy (non-hydrogen) atoms. The van der Waals surface area contributed by atoms with E-state index in [2.05, 4.69) is 15.4 Å². The van der Waals surface area contributed by atoms with E-state index in [-0.39, 0.29) is 6.42 Å². The van der Waals surface area contributed by atoms with Gasteiger partial charge in [0, 0.05) is 18.7 Å². The maximum atomic E-state index is 12.6. The van der Waals surface area contributed by atoms with Crippen LogP contribution in [0.4, 0.5) is 29.3 Å². The van der Waals surface area contributed by atoms with Crippen molar-refractivity contribution in [2.24, 2.45) is 0 Å². The van der Waals surface area contributed by atoms with Crippen LogP contribution in [-0.4, -0.2) is 42.1 Å². The number of carbonyl (C=O) groups is 2. The molecule has 1 aromatic rings. The van der Waals surface area contributed by atoms with Gasteiger partial charge in [0.2, 0.25) is 5.60 Å². The molecule has 0 saturated heterocycles. The number of benzene rings is 1. The van der Waals surface area contributed by atoms with Gasteiger partial charge in [-0.05, 0) is 32.0 Å². The van der Waals surface area contributed by atoms with Crippen LogP contribution in [0.15, 0.2) is 18.2 Å². The lowest BCUT2D eigenvalue weighted by atomic mass is 10.1. The molecule has 1 fully saturated rings. The summed E-state index contributed by atoms with van der Waals surface area (Å²) < 4.78 is 47.7. The van der Waals surface area contributed by atoms with E-state index in [0.717, 1.165) is 13.8 Å². The molecule has 1 amide bonds. The first-order chi connectivity index (χ1) is 13.5. The third kappa shape index (κ3) is 9.40. The number of halogens is 3. The number of fused-ring (bicyclic) bond motifs is 1. The van der Waals surface area contributed by atoms with Gasteiger partial charge in [-0.15, -0.1) is 0 Å². The Morgan fingerprint density at radius 2 is 1.83 bits per heavy atom. The van der Waals surface area contributed by atoms with E-state index in [1.54, 1.807) is 19.1 Å². The number of ether oxygens (including phenoxy) is 2. The largest absolute Gasteiger partial charge is 0.490 e. The molecule has 0 spiro atoms. The summed E-state index contributed by atoms with van der Waals surface area (Å²) in [7, 11) is 0. The predicted octanol–water partition coefficient (Wildman–Crippen LogP) is 5.03. The van der Waals surface area contributed by atoms with E-state index in [9.17, 15) is 22.8 Å². The topological polar surface area (TPSA) is 96.9 Å². The zero-order chi connectivity index (χ0) is 22.1. The maximum absolute atomic E-state index is 12.6. The molecule has 0 aromatic heterocycles. The number of aliphatic carboxylic acids is 1. The van der Waals surface area contributed by atoms with Crippen LogP contribution in [0.1, 0.15) is 46.5 Å². The van der Waals surface area contributed by atoms with E-state index in [0.29, 0.717) is 30.3 Å². The SMILES string of the molecule is C1CC1.CC(C)(OC(=O)Nc1ccc2c(c1)NCCO2)C(F)(F)F.CCC(=O)O. The second-order valence-corrected chi connectivity index (χ2v) is 6.82. The number of carbonyl (C=O) groups excluding carboxylic acids is 1. The number of carboxylic acids is 1. The molecule has 10 heteroatoms. The average Bonchev–Trinajstić information content (AvgIpc) is 3.49. The monoisotopic (exact) mass is 420 g/mol. The fourth-order valence-electron chi connectivity index (χ4n) is 1.65. The fourth-order valence-corrected chi connectivity index (χ4v) is 1.65. The van der Waals surface area contributed by atoms with Crippen molar-refractivity contribution >= 4 is 23.4 Å². The summed E-state index contributed by atoms with van der Waals surface area (Å²) in [6.45, 7) is 4.32. The summed E-state index contributed by atoms with van der Waals surface area (Å²) in [6.07, 6.45) is -1.09. The molecule has 3 N–H and O–H groups in total. The molecule has 0 atom stereocenters. The maximum Gasteiger partial charge on any atom is 0.427 e.